The second-order valence-electron chi connectivity index (χ2n) is 7.05. The van der Waals surface area contributed by atoms with E-state index in [4.69, 9.17) is 4.74 Å². The number of aryl methyl sites for hydroxylation is 1. The third-order valence-corrected chi connectivity index (χ3v) is 5.10. The number of hydrogen-bond acceptors (Lipinski definition) is 5. The third-order valence-electron chi connectivity index (χ3n) is 5.10. The maximum Gasteiger partial charge on any atom is 0.409 e. The van der Waals surface area contributed by atoms with Crippen LogP contribution in [0, 0.1) is 6.92 Å². The van der Waals surface area contributed by atoms with Gasteiger partial charge in [0.2, 0.25) is 0 Å². The van der Waals surface area contributed by atoms with E-state index in [2.05, 4.69) is 0 Å². The van der Waals surface area contributed by atoms with E-state index < -0.39 is 23.8 Å². The molecule has 8 heteroatoms. The molecule has 2 aromatic rings. The van der Waals surface area contributed by atoms with E-state index in [1.54, 1.807) is 56.3 Å². The zero-order valence-electron chi connectivity index (χ0n) is 17.1. The van der Waals surface area contributed by atoms with Crippen molar-refractivity contribution in [1.82, 2.24) is 14.4 Å². The average molecular weight is 411 g/mol. The summed E-state index contributed by atoms with van der Waals surface area (Å²) < 4.78 is 6.20. The van der Waals surface area contributed by atoms with Gasteiger partial charge in [-0.1, -0.05) is 36.4 Å². The zero-order valence-corrected chi connectivity index (χ0v) is 17.1. The number of pyridine rings is 1. The number of ether oxygens (including phenoxy) is 1. The summed E-state index contributed by atoms with van der Waals surface area (Å²) in [6.45, 7) is 4.79. The molecule has 2 heterocycles. The molecule has 1 aliphatic rings. The summed E-state index contributed by atoms with van der Waals surface area (Å²) in [5.74, 6) is -0.902. The lowest BCUT2D eigenvalue weighted by Gasteiger charge is -2.35. The van der Waals surface area contributed by atoms with Gasteiger partial charge in [-0.05, 0) is 19.9 Å². The summed E-state index contributed by atoms with van der Waals surface area (Å²) in [6.07, 6.45) is 1.05. The fraction of sp³-hybridized carbons (Fsp3) is 0.364. The fourth-order valence-corrected chi connectivity index (χ4v) is 3.44. The molecule has 0 spiro atoms. The molecule has 158 valence electrons. The van der Waals surface area contributed by atoms with Crippen LogP contribution in [0.5, 0.6) is 0 Å². The highest BCUT2D eigenvalue weighted by Gasteiger charge is 2.35. The number of piperazine rings is 1. The Morgan fingerprint density at radius 2 is 1.60 bits per heavy atom. The van der Waals surface area contributed by atoms with Gasteiger partial charge in [0.1, 0.15) is 0 Å². The predicted octanol–water partition coefficient (Wildman–Crippen LogP) is 1.88. The molecule has 0 N–H and O–H groups in total. The number of amides is 2. The molecule has 2 amide bonds. The van der Waals surface area contributed by atoms with Gasteiger partial charge in [-0.25, -0.2) is 4.79 Å². The van der Waals surface area contributed by atoms with E-state index in [0.717, 1.165) is 0 Å². The maximum atomic E-state index is 13.4. The summed E-state index contributed by atoms with van der Waals surface area (Å²) in [5.41, 5.74) is 0.419. The number of Topliss-reactive ketones (excluding diaryl/α,β-unsaturated/α-hetero) is 1. The highest BCUT2D eigenvalue weighted by molar-refractivity contribution is 6.11. The molecular formula is C22H25N3O5. The summed E-state index contributed by atoms with van der Waals surface area (Å²) in [4.78, 5) is 54.3. The fourth-order valence-electron chi connectivity index (χ4n) is 3.44. The van der Waals surface area contributed by atoms with Crippen molar-refractivity contribution in [3.8, 4) is 0 Å². The van der Waals surface area contributed by atoms with Crippen LogP contribution in [0.3, 0.4) is 0 Å². The molecule has 1 atom stereocenters. The summed E-state index contributed by atoms with van der Waals surface area (Å²) in [7, 11) is 0. The van der Waals surface area contributed by atoms with Gasteiger partial charge >= 0.3 is 6.09 Å². The molecule has 1 aliphatic heterocycles. The van der Waals surface area contributed by atoms with Gasteiger partial charge in [-0.2, -0.15) is 0 Å². The molecule has 1 fully saturated rings. The van der Waals surface area contributed by atoms with Crippen LogP contribution >= 0.6 is 0 Å². The lowest BCUT2D eigenvalue weighted by atomic mass is 10.0. The largest absolute Gasteiger partial charge is 0.450 e. The molecule has 30 heavy (non-hydrogen) atoms. The van der Waals surface area contributed by atoms with E-state index >= 15 is 0 Å². The normalized spacial score (nSPS) is 14.9. The summed E-state index contributed by atoms with van der Waals surface area (Å²) in [5, 5.41) is 0. The van der Waals surface area contributed by atoms with Crippen LogP contribution in [0.4, 0.5) is 4.79 Å². The van der Waals surface area contributed by atoms with Crippen LogP contribution in [0.2, 0.25) is 0 Å². The van der Waals surface area contributed by atoms with Crippen LogP contribution < -0.4 is 5.56 Å². The van der Waals surface area contributed by atoms with E-state index in [1.807, 2.05) is 0 Å². The van der Waals surface area contributed by atoms with E-state index in [9.17, 15) is 19.2 Å². The van der Waals surface area contributed by atoms with Crippen LogP contribution in [-0.4, -0.2) is 64.9 Å². The first-order valence-electron chi connectivity index (χ1n) is 9.91. The third kappa shape index (κ3) is 4.42. The number of nitrogens with zero attached hydrogens (tertiary/aromatic N) is 3. The van der Waals surface area contributed by atoms with Crippen molar-refractivity contribution in [2.24, 2.45) is 0 Å². The van der Waals surface area contributed by atoms with Gasteiger partial charge in [0.05, 0.1) is 6.61 Å². The topological polar surface area (TPSA) is 88.9 Å². The number of aromatic nitrogens is 1. The minimum absolute atomic E-state index is 0.261. The van der Waals surface area contributed by atoms with E-state index in [-0.39, 0.29) is 25.3 Å². The number of hydrogen-bond donors (Lipinski definition) is 0. The van der Waals surface area contributed by atoms with Crippen molar-refractivity contribution in [2.45, 2.75) is 19.9 Å². The summed E-state index contributed by atoms with van der Waals surface area (Å²) >= 11 is 0. The van der Waals surface area contributed by atoms with Crippen molar-refractivity contribution >= 4 is 17.8 Å². The Morgan fingerprint density at radius 3 is 2.23 bits per heavy atom. The van der Waals surface area contributed by atoms with Crippen LogP contribution in [0.1, 0.15) is 28.9 Å². The van der Waals surface area contributed by atoms with Gasteiger partial charge < -0.3 is 14.5 Å². The number of rotatable bonds is 5. The minimum atomic E-state index is -1.30. The number of benzene rings is 1. The zero-order chi connectivity index (χ0) is 21.7. The molecular weight excluding hydrogens is 386 g/mol. The molecule has 1 unspecified atom stereocenters. The number of carbonyl (C=O) groups excluding carboxylic acids is 3. The van der Waals surface area contributed by atoms with E-state index in [0.29, 0.717) is 24.2 Å². The quantitative estimate of drug-likeness (QED) is 0.554. The van der Waals surface area contributed by atoms with Gasteiger partial charge in [-0.15, -0.1) is 0 Å². The van der Waals surface area contributed by atoms with Crippen LogP contribution in [-0.2, 0) is 9.53 Å². The Kier molecular flexibility index (Phi) is 6.66. The average Bonchev–Trinajstić information content (AvgIpc) is 2.77. The first kappa shape index (κ1) is 21.3. The van der Waals surface area contributed by atoms with Crippen molar-refractivity contribution in [2.75, 3.05) is 32.8 Å². The predicted molar refractivity (Wildman–Crippen MR) is 110 cm³/mol. The van der Waals surface area contributed by atoms with Gasteiger partial charge in [0.15, 0.2) is 11.8 Å². The molecule has 0 saturated carbocycles. The number of carbonyl (C=O) groups is 3. The highest BCUT2D eigenvalue weighted by Crippen LogP contribution is 2.18. The number of ketones is 1. The Labute approximate surface area is 174 Å². The second-order valence-corrected chi connectivity index (χ2v) is 7.05. The molecule has 0 bridgehead atoms. The minimum Gasteiger partial charge on any atom is -0.450 e. The first-order chi connectivity index (χ1) is 14.4. The van der Waals surface area contributed by atoms with Crippen LogP contribution in [0.25, 0.3) is 0 Å². The molecule has 1 saturated heterocycles. The van der Waals surface area contributed by atoms with Gasteiger partial charge in [0.25, 0.3) is 11.5 Å². The van der Waals surface area contributed by atoms with Gasteiger partial charge in [0, 0.05) is 43.5 Å². The molecule has 1 aromatic carbocycles. The highest BCUT2D eigenvalue weighted by atomic mass is 16.6. The lowest BCUT2D eigenvalue weighted by molar-refractivity contribution is -0.135. The molecule has 0 radical (unpaired) electrons. The molecule has 0 aliphatic carbocycles. The van der Waals surface area contributed by atoms with Crippen molar-refractivity contribution in [3.63, 3.8) is 0 Å². The Balaban J connectivity index is 1.88. The van der Waals surface area contributed by atoms with Gasteiger partial charge in [-0.3, -0.25) is 19.0 Å². The van der Waals surface area contributed by atoms with E-state index in [1.165, 1.54) is 20.6 Å². The van der Waals surface area contributed by atoms with Crippen molar-refractivity contribution < 1.29 is 19.1 Å². The molecule has 8 nitrogen and oxygen atoms in total. The summed E-state index contributed by atoms with van der Waals surface area (Å²) in [6, 6.07) is 10.5. The molecule has 3 rings (SSSR count). The standard InChI is InChI=1S/C22H25N3O5/c1-3-30-22(29)24-14-12-23(13-15-24)21(28)18(19(26)17-9-5-4-6-10-17)25-11-7-8-16(2)20(25)27/h4-11,18H,3,12-15H2,1-2H3. The Hall–Kier alpha value is -3.42. The maximum absolute atomic E-state index is 13.4. The van der Waals surface area contributed by atoms with Crippen LogP contribution in [0.15, 0.2) is 53.5 Å². The van der Waals surface area contributed by atoms with Crippen molar-refractivity contribution in [1.29, 1.82) is 0 Å². The second kappa shape index (κ2) is 9.39. The molecule has 1 aromatic heterocycles. The van der Waals surface area contributed by atoms with Crippen molar-refractivity contribution in [3.05, 3.63) is 70.1 Å². The first-order valence-corrected chi connectivity index (χ1v) is 9.91. The SMILES string of the molecule is CCOC(=O)N1CCN(C(=O)C(C(=O)c2ccccc2)n2cccc(C)c2=O)CC1. The Morgan fingerprint density at radius 1 is 0.967 bits per heavy atom. The monoisotopic (exact) mass is 411 g/mol. The Bertz CT molecular complexity index is 978. The smallest absolute Gasteiger partial charge is 0.409 e. The lowest BCUT2D eigenvalue weighted by Crippen LogP contribution is -2.53.